The van der Waals surface area contributed by atoms with Crippen LogP contribution in [0.1, 0.15) is 12.0 Å². The van der Waals surface area contributed by atoms with Crippen LogP contribution in [-0.2, 0) is 9.59 Å². The summed E-state index contributed by atoms with van der Waals surface area (Å²) in [5, 5.41) is 2.88. The maximum absolute atomic E-state index is 12.6. The monoisotopic (exact) mass is 384 g/mol. The summed E-state index contributed by atoms with van der Waals surface area (Å²) in [6.07, 6.45) is 0.147. The van der Waals surface area contributed by atoms with Crippen LogP contribution in [0, 0.1) is 12.8 Å². The Kier molecular flexibility index (Phi) is 5.73. The number of aryl methyl sites for hydroxylation is 1. The summed E-state index contributed by atoms with van der Waals surface area (Å²) >= 11 is 0. The molecule has 1 N–H and O–H groups in total. The van der Waals surface area contributed by atoms with Gasteiger partial charge in [-0.1, -0.05) is 17.7 Å². The minimum atomic E-state index is -0.437. The fourth-order valence-electron chi connectivity index (χ4n) is 3.24. The number of methoxy groups -OCH3 is 3. The number of benzene rings is 2. The third kappa shape index (κ3) is 3.88. The molecule has 0 saturated carbocycles. The number of carbonyl (C=O) groups is 2. The van der Waals surface area contributed by atoms with Gasteiger partial charge in [-0.2, -0.15) is 0 Å². The highest BCUT2D eigenvalue weighted by Crippen LogP contribution is 2.42. The number of hydrogen-bond acceptors (Lipinski definition) is 5. The molecule has 28 heavy (non-hydrogen) atoms. The van der Waals surface area contributed by atoms with Crippen LogP contribution in [0.2, 0.25) is 0 Å². The third-order valence-electron chi connectivity index (χ3n) is 4.78. The number of anilines is 2. The summed E-state index contributed by atoms with van der Waals surface area (Å²) in [5.41, 5.74) is 2.43. The lowest BCUT2D eigenvalue weighted by atomic mass is 10.1. The molecule has 1 atom stereocenters. The molecule has 2 aromatic carbocycles. The molecule has 1 saturated heterocycles. The van der Waals surface area contributed by atoms with E-state index in [0.717, 1.165) is 5.56 Å². The second kappa shape index (κ2) is 8.21. The van der Waals surface area contributed by atoms with Gasteiger partial charge in [0, 0.05) is 30.8 Å². The highest BCUT2D eigenvalue weighted by Gasteiger charge is 2.36. The van der Waals surface area contributed by atoms with Crippen LogP contribution in [-0.4, -0.2) is 39.7 Å². The lowest BCUT2D eigenvalue weighted by Crippen LogP contribution is -2.28. The average molecular weight is 384 g/mol. The molecule has 0 bridgehead atoms. The zero-order valence-corrected chi connectivity index (χ0v) is 16.4. The molecule has 1 aliphatic heterocycles. The molecule has 148 valence electrons. The molecule has 7 heteroatoms. The van der Waals surface area contributed by atoms with Gasteiger partial charge in [0.25, 0.3) is 0 Å². The Morgan fingerprint density at radius 3 is 2.18 bits per heavy atom. The number of nitrogens with zero attached hydrogens (tertiary/aromatic N) is 1. The predicted molar refractivity (Wildman–Crippen MR) is 106 cm³/mol. The van der Waals surface area contributed by atoms with Crippen molar-refractivity contribution in [1.29, 1.82) is 0 Å². The van der Waals surface area contributed by atoms with Gasteiger partial charge in [0.15, 0.2) is 11.5 Å². The van der Waals surface area contributed by atoms with Crippen molar-refractivity contribution in [3.63, 3.8) is 0 Å². The fourth-order valence-corrected chi connectivity index (χ4v) is 3.24. The Hall–Kier alpha value is -3.22. The molecule has 0 radical (unpaired) electrons. The molecule has 2 aromatic rings. The number of ether oxygens (including phenoxy) is 3. The van der Waals surface area contributed by atoms with E-state index in [0.29, 0.717) is 28.6 Å². The molecule has 3 rings (SSSR count). The van der Waals surface area contributed by atoms with Crippen molar-refractivity contribution in [2.45, 2.75) is 13.3 Å². The molecule has 1 heterocycles. The summed E-state index contributed by atoms with van der Waals surface area (Å²) < 4.78 is 16.0. The second-order valence-corrected chi connectivity index (χ2v) is 6.64. The number of carbonyl (C=O) groups excluding carboxylic acids is 2. The largest absolute Gasteiger partial charge is 0.493 e. The van der Waals surface area contributed by atoms with E-state index in [1.54, 1.807) is 17.0 Å². The van der Waals surface area contributed by atoms with Crippen molar-refractivity contribution in [3.05, 3.63) is 42.0 Å². The molecule has 0 aliphatic carbocycles. The van der Waals surface area contributed by atoms with Crippen molar-refractivity contribution in [2.24, 2.45) is 5.92 Å². The van der Waals surface area contributed by atoms with Crippen molar-refractivity contribution in [3.8, 4) is 17.2 Å². The summed E-state index contributed by atoms with van der Waals surface area (Å²) in [5.74, 6) is 0.627. The van der Waals surface area contributed by atoms with E-state index in [-0.39, 0.29) is 24.8 Å². The van der Waals surface area contributed by atoms with Gasteiger partial charge in [0.05, 0.1) is 32.9 Å². The molecular weight excluding hydrogens is 360 g/mol. The highest BCUT2D eigenvalue weighted by atomic mass is 16.5. The zero-order chi connectivity index (χ0) is 20.3. The van der Waals surface area contributed by atoms with E-state index in [9.17, 15) is 9.59 Å². The van der Waals surface area contributed by atoms with Gasteiger partial charge in [0.1, 0.15) is 0 Å². The molecule has 1 fully saturated rings. The van der Waals surface area contributed by atoms with E-state index in [1.165, 1.54) is 21.3 Å². The topological polar surface area (TPSA) is 77.1 Å². The summed E-state index contributed by atoms with van der Waals surface area (Å²) in [6, 6.07) is 11.0. The van der Waals surface area contributed by atoms with Crippen molar-refractivity contribution < 1.29 is 23.8 Å². The minimum Gasteiger partial charge on any atom is -0.493 e. The first-order chi connectivity index (χ1) is 13.5. The van der Waals surface area contributed by atoms with Crippen LogP contribution in [0.15, 0.2) is 36.4 Å². The first-order valence-corrected chi connectivity index (χ1v) is 8.94. The van der Waals surface area contributed by atoms with E-state index < -0.39 is 5.92 Å². The fraction of sp³-hybridized carbons (Fsp3) is 0.333. The van der Waals surface area contributed by atoms with E-state index in [2.05, 4.69) is 5.32 Å². The van der Waals surface area contributed by atoms with Crippen LogP contribution in [0.5, 0.6) is 17.2 Å². The Morgan fingerprint density at radius 2 is 1.64 bits per heavy atom. The van der Waals surface area contributed by atoms with Crippen LogP contribution in [0.4, 0.5) is 11.4 Å². The van der Waals surface area contributed by atoms with Crippen LogP contribution in [0.25, 0.3) is 0 Å². The number of nitrogens with one attached hydrogen (secondary N) is 1. The van der Waals surface area contributed by atoms with Gasteiger partial charge in [0.2, 0.25) is 17.6 Å². The average Bonchev–Trinajstić information content (AvgIpc) is 3.10. The summed E-state index contributed by atoms with van der Waals surface area (Å²) in [6.45, 7) is 2.27. The molecule has 7 nitrogen and oxygen atoms in total. The molecular formula is C21H24N2O5. The number of amides is 2. The van der Waals surface area contributed by atoms with E-state index in [1.807, 2.05) is 31.2 Å². The van der Waals surface area contributed by atoms with Crippen molar-refractivity contribution >= 4 is 23.2 Å². The Balaban J connectivity index is 1.79. The number of hydrogen-bond donors (Lipinski definition) is 1. The number of rotatable bonds is 6. The molecule has 0 aromatic heterocycles. The quantitative estimate of drug-likeness (QED) is 0.828. The van der Waals surface area contributed by atoms with Gasteiger partial charge in [-0.25, -0.2) is 0 Å². The standard InChI is InChI=1S/C21H24N2O5/c1-13-5-7-15(8-6-13)22-21(25)14-9-19(24)23(12-14)16-10-17(26-2)20(28-4)18(11-16)27-3/h5-8,10-11,14H,9,12H2,1-4H3,(H,22,25). The third-order valence-corrected chi connectivity index (χ3v) is 4.78. The van der Waals surface area contributed by atoms with Crippen molar-refractivity contribution in [2.75, 3.05) is 38.1 Å². The smallest absolute Gasteiger partial charge is 0.229 e. The van der Waals surface area contributed by atoms with Gasteiger partial charge in [-0.15, -0.1) is 0 Å². The molecule has 0 spiro atoms. The lowest BCUT2D eigenvalue weighted by Gasteiger charge is -2.20. The van der Waals surface area contributed by atoms with Gasteiger partial charge in [-0.3, -0.25) is 9.59 Å². The lowest BCUT2D eigenvalue weighted by molar-refractivity contribution is -0.122. The Morgan fingerprint density at radius 1 is 1.04 bits per heavy atom. The zero-order valence-electron chi connectivity index (χ0n) is 16.4. The molecule has 2 amide bonds. The van der Waals surface area contributed by atoms with Gasteiger partial charge >= 0.3 is 0 Å². The summed E-state index contributed by atoms with van der Waals surface area (Å²) in [7, 11) is 4.56. The Bertz CT molecular complexity index is 854. The molecule has 1 unspecified atom stereocenters. The maximum Gasteiger partial charge on any atom is 0.229 e. The Labute approximate surface area is 164 Å². The highest BCUT2D eigenvalue weighted by molar-refractivity contribution is 6.03. The molecule has 1 aliphatic rings. The van der Waals surface area contributed by atoms with Crippen LogP contribution >= 0.6 is 0 Å². The van der Waals surface area contributed by atoms with E-state index in [4.69, 9.17) is 14.2 Å². The first-order valence-electron chi connectivity index (χ1n) is 8.94. The van der Waals surface area contributed by atoms with Gasteiger partial charge in [-0.05, 0) is 19.1 Å². The maximum atomic E-state index is 12.6. The normalized spacial score (nSPS) is 16.1. The minimum absolute atomic E-state index is 0.127. The summed E-state index contributed by atoms with van der Waals surface area (Å²) in [4.78, 5) is 26.8. The van der Waals surface area contributed by atoms with Gasteiger partial charge < -0.3 is 24.4 Å². The van der Waals surface area contributed by atoms with Crippen molar-refractivity contribution in [1.82, 2.24) is 0 Å². The van der Waals surface area contributed by atoms with E-state index >= 15 is 0 Å². The van der Waals surface area contributed by atoms with Crippen LogP contribution < -0.4 is 24.4 Å². The van der Waals surface area contributed by atoms with Crippen LogP contribution in [0.3, 0.4) is 0 Å². The first kappa shape index (κ1) is 19.5. The predicted octanol–water partition coefficient (Wildman–Crippen LogP) is 3.01. The second-order valence-electron chi connectivity index (χ2n) is 6.64. The SMILES string of the molecule is COc1cc(N2CC(C(=O)Nc3ccc(C)cc3)CC2=O)cc(OC)c1OC.